The van der Waals surface area contributed by atoms with E-state index >= 15 is 0 Å². The zero-order chi connectivity index (χ0) is 22.1. The highest BCUT2D eigenvalue weighted by Crippen LogP contribution is 2.30. The number of anilines is 1. The molecule has 32 heavy (non-hydrogen) atoms. The number of allylic oxidation sites excluding steroid dienone is 1. The smallest absolute Gasteiger partial charge is 0.166 e. The average molecular weight is 444 g/mol. The number of aliphatic hydroxyl groups is 1. The molecule has 3 heterocycles. The molecule has 0 fully saturated rings. The third-order valence-electron chi connectivity index (χ3n) is 5.80. The quantitative estimate of drug-likeness (QED) is 0.425. The predicted molar refractivity (Wildman–Crippen MR) is 131 cm³/mol. The van der Waals surface area contributed by atoms with Crippen LogP contribution in [0.2, 0.25) is 0 Å². The van der Waals surface area contributed by atoms with E-state index in [1.54, 1.807) is 18.7 Å². The highest BCUT2D eigenvalue weighted by atomic mass is 31.0. The molecule has 162 valence electrons. The summed E-state index contributed by atoms with van der Waals surface area (Å²) in [6, 6.07) is 10.4. The van der Waals surface area contributed by atoms with Crippen molar-refractivity contribution in [1.82, 2.24) is 24.5 Å². The van der Waals surface area contributed by atoms with E-state index in [0.29, 0.717) is 22.8 Å². The molecule has 2 N–H and O–H groups in total. The first-order chi connectivity index (χ1) is 15.6. The summed E-state index contributed by atoms with van der Waals surface area (Å²) in [4.78, 5) is 18.4. The van der Waals surface area contributed by atoms with Gasteiger partial charge in [-0.15, -0.1) is 9.24 Å². The lowest BCUT2D eigenvalue weighted by Crippen LogP contribution is -2.11. The molecule has 1 aliphatic rings. The highest BCUT2D eigenvalue weighted by molar-refractivity contribution is 7.27. The van der Waals surface area contributed by atoms with Gasteiger partial charge in [0.05, 0.1) is 19.0 Å². The van der Waals surface area contributed by atoms with Gasteiger partial charge in [0, 0.05) is 24.5 Å². The number of hydrogen-bond donors (Lipinski definition) is 2. The van der Waals surface area contributed by atoms with E-state index in [1.807, 2.05) is 17.6 Å². The largest absolute Gasteiger partial charge is 0.394 e. The van der Waals surface area contributed by atoms with E-state index in [1.165, 1.54) is 16.7 Å². The van der Waals surface area contributed by atoms with Crippen molar-refractivity contribution in [2.24, 2.45) is 0 Å². The van der Waals surface area contributed by atoms with Crippen LogP contribution < -0.4 is 10.6 Å². The summed E-state index contributed by atoms with van der Waals surface area (Å²) >= 11 is 0. The molecule has 5 rings (SSSR count). The molecule has 7 nitrogen and oxygen atoms in total. The Kier molecular flexibility index (Phi) is 5.68. The number of imidazole rings is 1. The van der Waals surface area contributed by atoms with Crippen molar-refractivity contribution in [2.75, 3.05) is 18.5 Å². The Balaban J connectivity index is 1.47. The van der Waals surface area contributed by atoms with E-state index in [4.69, 9.17) is 9.97 Å². The average Bonchev–Trinajstić information content (AvgIpc) is 3.43. The minimum Gasteiger partial charge on any atom is -0.394 e. The SMILES string of the molecule is C[C@@H](CO)n1cnc2c(NCCC3=CCc4ccccc43)nc(-c3cncc(P)c3)nc21. The predicted octanol–water partition coefficient (Wildman–Crippen LogP) is 3.38. The van der Waals surface area contributed by atoms with E-state index in [-0.39, 0.29) is 12.6 Å². The van der Waals surface area contributed by atoms with Crippen molar-refractivity contribution in [3.63, 3.8) is 0 Å². The van der Waals surface area contributed by atoms with Crippen LogP contribution in [-0.4, -0.2) is 42.8 Å². The van der Waals surface area contributed by atoms with Gasteiger partial charge in [-0.1, -0.05) is 30.3 Å². The van der Waals surface area contributed by atoms with Gasteiger partial charge >= 0.3 is 0 Å². The molecule has 1 aromatic carbocycles. The van der Waals surface area contributed by atoms with Gasteiger partial charge in [-0.05, 0) is 47.8 Å². The second kappa shape index (κ2) is 8.77. The van der Waals surface area contributed by atoms with Crippen molar-refractivity contribution >= 4 is 37.1 Å². The Morgan fingerprint density at radius 2 is 2.09 bits per heavy atom. The monoisotopic (exact) mass is 444 g/mol. The van der Waals surface area contributed by atoms with Crippen LogP contribution in [-0.2, 0) is 6.42 Å². The van der Waals surface area contributed by atoms with Gasteiger partial charge in [0.1, 0.15) is 5.52 Å². The summed E-state index contributed by atoms with van der Waals surface area (Å²) in [5.74, 6) is 1.27. The molecule has 0 radical (unpaired) electrons. The summed E-state index contributed by atoms with van der Waals surface area (Å²) in [7, 11) is 2.65. The molecule has 8 heteroatoms. The van der Waals surface area contributed by atoms with Gasteiger partial charge in [-0.25, -0.2) is 15.0 Å². The molecule has 1 unspecified atom stereocenters. The molecule has 0 bridgehead atoms. The molecule has 4 aromatic rings. The molecule has 1 aliphatic carbocycles. The van der Waals surface area contributed by atoms with Crippen molar-refractivity contribution < 1.29 is 5.11 Å². The highest BCUT2D eigenvalue weighted by Gasteiger charge is 2.18. The first kappa shape index (κ1) is 20.7. The Hall–Kier alpha value is -3.15. The van der Waals surface area contributed by atoms with Crippen LogP contribution in [0.25, 0.3) is 28.1 Å². The Bertz CT molecular complexity index is 1320. The first-order valence-corrected chi connectivity index (χ1v) is 11.3. The van der Waals surface area contributed by atoms with Gasteiger partial charge in [0.25, 0.3) is 0 Å². The Morgan fingerprint density at radius 3 is 2.94 bits per heavy atom. The second-order valence-electron chi connectivity index (χ2n) is 8.03. The fourth-order valence-electron chi connectivity index (χ4n) is 4.07. The van der Waals surface area contributed by atoms with Crippen LogP contribution in [0.15, 0.2) is 55.1 Å². The maximum atomic E-state index is 9.67. The van der Waals surface area contributed by atoms with Crippen molar-refractivity contribution in [3.8, 4) is 11.4 Å². The molecular formula is C24H25N6OP. The number of aliphatic hydroxyl groups excluding tert-OH is 1. The van der Waals surface area contributed by atoms with Gasteiger partial charge in [0.15, 0.2) is 17.3 Å². The minimum absolute atomic E-state index is 0.00373. The first-order valence-electron chi connectivity index (χ1n) is 10.7. The number of hydrogen-bond acceptors (Lipinski definition) is 6. The number of aromatic nitrogens is 5. The van der Waals surface area contributed by atoms with Crippen molar-refractivity contribution in [3.05, 3.63) is 66.3 Å². The van der Waals surface area contributed by atoms with Gasteiger partial charge < -0.3 is 15.0 Å². The van der Waals surface area contributed by atoms with Crippen LogP contribution in [0.3, 0.4) is 0 Å². The Morgan fingerprint density at radius 1 is 1.22 bits per heavy atom. The summed E-state index contributed by atoms with van der Waals surface area (Å²) in [6.45, 7) is 2.67. The lowest BCUT2D eigenvalue weighted by Gasteiger charge is -2.13. The fraction of sp³-hybridized carbons (Fsp3) is 0.250. The number of benzene rings is 1. The lowest BCUT2D eigenvalue weighted by atomic mass is 10.0. The van der Waals surface area contributed by atoms with Gasteiger partial charge in [0.2, 0.25) is 0 Å². The minimum atomic E-state index is -0.137. The van der Waals surface area contributed by atoms with Gasteiger partial charge in [-0.2, -0.15) is 0 Å². The summed E-state index contributed by atoms with van der Waals surface area (Å²) in [6.07, 6.45) is 9.45. The van der Waals surface area contributed by atoms with Crippen molar-refractivity contribution in [2.45, 2.75) is 25.8 Å². The zero-order valence-electron chi connectivity index (χ0n) is 17.9. The van der Waals surface area contributed by atoms with E-state index in [2.05, 4.69) is 54.9 Å². The molecule has 0 amide bonds. The van der Waals surface area contributed by atoms with Crippen LogP contribution >= 0.6 is 9.24 Å². The maximum Gasteiger partial charge on any atom is 0.166 e. The van der Waals surface area contributed by atoms with Crippen LogP contribution in [0.4, 0.5) is 5.82 Å². The summed E-state index contributed by atoms with van der Waals surface area (Å²) in [5, 5.41) is 14.1. The molecule has 0 aliphatic heterocycles. The third-order valence-corrected chi connectivity index (χ3v) is 6.11. The number of rotatable bonds is 7. The lowest BCUT2D eigenvalue weighted by molar-refractivity contribution is 0.241. The topological polar surface area (TPSA) is 88.8 Å². The summed E-state index contributed by atoms with van der Waals surface area (Å²) < 4.78 is 1.89. The molecule has 2 atom stereocenters. The normalized spacial score (nSPS) is 13.8. The number of nitrogens with zero attached hydrogens (tertiary/aromatic N) is 5. The number of pyridine rings is 1. The molecule has 0 spiro atoms. The molecular weight excluding hydrogens is 419 g/mol. The molecule has 0 saturated carbocycles. The molecule has 0 saturated heterocycles. The zero-order valence-corrected chi connectivity index (χ0v) is 19.0. The number of nitrogens with one attached hydrogen (secondary N) is 1. The van der Waals surface area contributed by atoms with Crippen LogP contribution in [0.1, 0.15) is 30.5 Å². The maximum absolute atomic E-state index is 9.67. The third kappa shape index (κ3) is 3.90. The van der Waals surface area contributed by atoms with Crippen LogP contribution in [0, 0.1) is 0 Å². The Labute approximate surface area is 188 Å². The molecule has 3 aromatic heterocycles. The standard InChI is InChI=1S/C24H25N6OP/c1-15(13-31)30-14-27-21-23(26-9-8-17-7-6-16-4-2-3-5-20(16)17)28-22(29-24(21)30)18-10-19(32)12-25-11-18/h2-5,7,10-12,14-15,31H,6,8-9,13,32H2,1H3,(H,26,28,29)/t15-/m0/s1. The van der Waals surface area contributed by atoms with E-state index in [0.717, 1.165) is 30.3 Å². The van der Waals surface area contributed by atoms with E-state index < -0.39 is 0 Å². The fourth-order valence-corrected chi connectivity index (χ4v) is 4.33. The number of fused-ring (bicyclic) bond motifs is 2. The van der Waals surface area contributed by atoms with Crippen LogP contribution in [0.5, 0.6) is 0 Å². The van der Waals surface area contributed by atoms with E-state index in [9.17, 15) is 5.11 Å². The summed E-state index contributed by atoms with van der Waals surface area (Å²) in [5.41, 5.74) is 6.31. The second-order valence-corrected chi connectivity index (χ2v) is 8.69. The van der Waals surface area contributed by atoms with Crippen molar-refractivity contribution in [1.29, 1.82) is 0 Å². The van der Waals surface area contributed by atoms with Gasteiger partial charge in [-0.3, -0.25) is 4.98 Å².